The minimum atomic E-state index is -1.63. The molecule has 1 heterocycles. The van der Waals surface area contributed by atoms with Crippen LogP contribution in [0.5, 0.6) is 0 Å². The Labute approximate surface area is 66.1 Å². The molecule has 1 amide bonds. The third-order valence-corrected chi connectivity index (χ3v) is 6.23. The fourth-order valence-corrected chi connectivity index (χ4v) is 2.63. The van der Waals surface area contributed by atoms with Gasteiger partial charge in [-0.05, 0) is 13.7 Å². The van der Waals surface area contributed by atoms with Gasteiger partial charge < -0.3 is 4.67 Å². The van der Waals surface area contributed by atoms with E-state index in [9.17, 15) is 4.79 Å². The smallest absolute Gasteiger partial charge is 0.241 e. The van der Waals surface area contributed by atoms with Crippen molar-refractivity contribution < 1.29 is 4.79 Å². The van der Waals surface area contributed by atoms with Crippen LogP contribution in [-0.4, -0.2) is 42.6 Å². The molecule has 0 saturated carbocycles. The van der Waals surface area contributed by atoms with Crippen molar-refractivity contribution >= 4 is 24.1 Å². The summed E-state index contributed by atoms with van der Waals surface area (Å²) >= 11 is 5.27. The summed E-state index contributed by atoms with van der Waals surface area (Å²) in [5.41, 5.74) is 0. The van der Waals surface area contributed by atoms with E-state index in [1.807, 2.05) is 18.4 Å². The molecule has 1 fully saturated rings. The molecule has 0 aromatic carbocycles. The molecule has 1 unspecified atom stereocenters. The first-order valence-corrected chi connectivity index (χ1v) is 6.18. The molecule has 58 valence electrons. The van der Waals surface area contributed by atoms with Crippen LogP contribution >= 0.6 is 6.34 Å². The summed E-state index contributed by atoms with van der Waals surface area (Å²) in [6, 6.07) is 0. The van der Waals surface area contributed by atoms with Crippen molar-refractivity contribution in [3.63, 3.8) is 0 Å². The van der Waals surface area contributed by atoms with E-state index in [-0.39, 0.29) is 5.91 Å². The zero-order chi connectivity index (χ0) is 7.94. The molecule has 1 aliphatic heterocycles. The van der Waals surface area contributed by atoms with E-state index in [4.69, 9.17) is 11.8 Å². The monoisotopic (exact) mass is 178 g/mol. The van der Waals surface area contributed by atoms with Crippen molar-refractivity contribution in [2.45, 2.75) is 0 Å². The minimum Gasteiger partial charge on any atom is -0.305 e. The van der Waals surface area contributed by atoms with E-state index in [2.05, 4.69) is 0 Å². The molecule has 0 N–H and O–H groups in total. The van der Waals surface area contributed by atoms with Crippen molar-refractivity contribution in [2.75, 3.05) is 27.3 Å². The van der Waals surface area contributed by atoms with Gasteiger partial charge in [-0.2, -0.15) is 0 Å². The maximum atomic E-state index is 11.0. The summed E-state index contributed by atoms with van der Waals surface area (Å²) < 4.78 is 3.66. The Bertz CT molecular complexity index is 218. The van der Waals surface area contributed by atoms with Crippen LogP contribution in [0.4, 0.5) is 0 Å². The normalized spacial score (nSPS) is 35.5. The predicted molar refractivity (Wildman–Crippen MR) is 45.6 cm³/mol. The van der Waals surface area contributed by atoms with E-state index in [0.29, 0.717) is 6.54 Å². The lowest BCUT2D eigenvalue weighted by Crippen LogP contribution is -2.16. The van der Waals surface area contributed by atoms with Crippen LogP contribution in [0.3, 0.4) is 0 Å². The van der Waals surface area contributed by atoms with Gasteiger partial charge in [0.1, 0.15) is 0 Å². The molecule has 10 heavy (non-hydrogen) atoms. The van der Waals surface area contributed by atoms with Gasteiger partial charge in [-0.25, -0.2) is 0 Å². The minimum absolute atomic E-state index is 0.147. The Morgan fingerprint density at radius 3 is 2.20 bits per heavy atom. The molecule has 5 heteroatoms. The predicted octanol–water partition coefficient (Wildman–Crippen LogP) is 0.329. The highest BCUT2D eigenvalue weighted by Crippen LogP contribution is 2.51. The molecule has 1 atom stereocenters. The van der Waals surface area contributed by atoms with Crippen molar-refractivity contribution in [3.8, 4) is 0 Å². The standard InChI is InChI=1S/C5H11N2OPS/c1-6-4-5(8)7(2)9(6,3)10/h4H2,1-3H3. The van der Waals surface area contributed by atoms with Crippen LogP contribution in [0.1, 0.15) is 0 Å². The number of hydrogen-bond donors (Lipinski definition) is 0. The molecular weight excluding hydrogens is 167 g/mol. The number of carbonyl (C=O) groups excluding carboxylic acids is 1. The zero-order valence-corrected chi connectivity index (χ0v) is 8.08. The van der Waals surface area contributed by atoms with Crippen molar-refractivity contribution in [1.82, 2.24) is 9.34 Å². The number of carbonyl (C=O) groups is 1. The SMILES string of the molecule is CN1CC(=O)N(C)P1(C)=S. The summed E-state index contributed by atoms with van der Waals surface area (Å²) in [7, 11) is 3.69. The lowest BCUT2D eigenvalue weighted by atomic mass is 10.6. The van der Waals surface area contributed by atoms with Crippen LogP contribution in [0.2, 0.25) is 0 Å². The van der Waals surface area contributed by atoms with E-state index in [1.165, 1.54) is 0 Å². The van der Waals surface area contributed by atoms with Crippen LogP contribution in [0.15, 0.2) is 0 Å². The molecule has 1 rings (SSSR count). The fraction of sp³-hybridized carbons (Fsp3) is 0.800. The van der Waals surface area contributed by atoms with Crippen LogP contribution in [-0.2, 0) is 16.6 Å². The van der Waals surface area contributed by atoms with Gasteiger partial charge in [0.2, 0.25) is 5.91 Å². The van der Waals surface area contributed by atoms with E-state index < -0.39 is 6.34 Å². The second-order valence-electron chi connectivity index (χ2n) is 2.57. The van der Waals surface area contributed by atoms with Crippen molar-refractivity contribution in [3.05, 3.63) is 0 Å². The Kier molecular flexibility index (Phi) is 1.88. The largest absolute Gasteiger partial charge is 0.305 e. The zero-order valence-electron chi connectivity index (χ0n) is 6.37. The van der Waals surface area contributed by atoms with Gasteiger partial charge >= 0.3 is 0 Å². The van der Waals surface area contributed by atoms with Gasteiger partial charge in [0.25, 0.3) is 0 Å². The summed E-state index contributed by atoms with van der Waals surface area (Å²) in [6.45, 7) is 2.46. The van der Waals surface area contributed by atoms with Crippen molar-refractivity contribution in [2.24, 2.45) is 0 Å². The molecule has 3 nitrogen and oxygen atoms in total. The number of nitrogens with zero attached hydrogens (tertiary/aromatic N) is 2. The highest BCUT2D eigenvalue weighted by atomic mass is 32.4. The molecule has 0 aromatic rings. The molecule has 0 aliphatic carbocycles. The molecule has 0 bridgehead atoms. The first-order chi connectivity index (χ1) is 4.46. The van der Waals surface area contributed by atoms with Gasteiger partial charge in [0.15, 0.2) is 0 Å². The lowest BCUT2D eigenvalue weighted by Gasteiger charge is -2.24. The Hall–Kier alpha value is 0.0800. The third kappa shape index (κ3) is 1.00. The number of rotatable bonds is 0. The highest BCUT2D eigenvalue weighted by molar-refractivity contribution is 8.12. The fourth-order valence-electron chi connectivity index (χ4n) is 0.865. The molecule has 0 aromatic heterocycles. The van der Waals surface area contributed by atoms with Crippen molar-refractivity contribution in [1.29, 1.82) is 0 Å². The maximum absolute atomic E-state index is 11.0. The summed E-state index contributed by atoms with van der Waals surface area (Å²) in [5, 5.41) is 0. The molecular formula is C5H11N2OPS. The number of hydrogen-bond acceptors (Lipinski definition) is 2. The Morgan fingerprint density at radius 1 is 1.60 bits per heavy atom. The first kappa shape index (κ1) is 8.18. The number of likely N-dealkylation sites (N-methyl/N-ethyl adjacent to an activating group) is 2. The van der Waals surface area contributed by atoms with E-state index in [1.54, 1.807) is 11.7 Å². The summed E-state index contributed by atoms with van der Waals surface area (Å²) in [5.74, 6) is 0.147. The number of amides is 1. The Morgan fingerprint density at radius 2 is 2.10 bits per heavy atom. The van der Waals surface area contributed by atoms with Crippen LogP contribution in [0, 0.1) is 0 Å². The van der Waals surface area contributed by atoms with Gasteiger partial charge in [-0.3, -0.25) is 9.46 Å². The summed E-state index contributed by atoms with van der Waals surface area (Å²) in [6.07, 6.45) is -1.63. The topological polar surface area (TPSA) is 23.6 Å². The third-order valence-electron chi connectivity index (χ3n) is 1.92. The molecule has 1 aliphatic rings. The van der Waals surface area contributed by atoms with Gasteiger partial charge in [-0.15, -0.1) is 0 Å². The molecule has 1 saturated heterocycles. The summed E-state index contributed by atoms with van der Waals surface area (Å²) in [4.78, 5) is 11.0. The highest BCUT2D eigenvalue weighted by Gasteiger charge is 2.34. The maximum Gasteiger partial charge on any atom is 0.241 e. The molecule has 0 radical (unpaired) electrons. The van der Waals surface area contributed by atoms with Crippen LogP contribution in [0.25, 0.3) is 0 Å². The lowest BCUT2D eigenvalue weighted by molar-refractivity contribution is -0.123. The second-order valence-corrected chi connectivity index (χ2v) is 7.60. The second kappa shape index (κ2) is 2.29. The van der Waals surface area contributed by atoms with Gasteiger partial charge in [-0.1, -0.05) is 11.8 Å². The van der Waals surface area contributed by atoms with E-state index >= 15 is 0 Å². The first-order valence-electron chi connectivity index (χ1n) is 3.02. The Balaban J connectivity index is 2.96. The average molecular weight is 178 g/mol. The molecule has 0 spiro atoms. The average Bonchev–Trinajstić information content (AvgIpc) is 1.97. The van der Waals surface area contributed by atoms with Gasteiger partial charge in [0, 0.05) is 7.05 Å². The van der Waals surface area contributed by atoms with Gasteiger partial charge in [0.05, 0.1) is 12.9 Å². The van der Waals surface area contributed by atoms with E-state index in [0.717, 1.165) is 0 Å². The van der Waals surface area contributed by atoms with Crippen LogP contribution < -0.4 is 0 Å². The quantitative estimate of drug-likeness (QED) is 0.499.